The van der Waals surface area contributed by atoms with Gasteiger partial charge in [-0.1, -0.05) is 18.7 Å². The van der Waals surface area contributed by atoms with Gasteiger partial charge in [0.05, 0.1) is 0 Å². The first-order valence-electron chi connectivity index (χ1n) is 4.57. The number of carbonyl (C=O) groups excluding carboxylic acids is 3. The average molecular weight is 246 g/mol. The number of rotatable bonds is 2. The van der Waals surface area contributed by atoms with E-state index in [-0.39, 0.29) is 17.1 Å². The van der Waals surface area contributed by atoms with Crippen molar-refractivity contribution in [2.45, 2.75) is 18.3 Å². The molecule has 0 radical (unpaired) electrons. The van der Waals surface area contributed by atoms with E-state index in [1.807, 2.05) is 6.92 Å². The highest BCUT2D eigenvalue weighted by atomic mass is 32.2. The molecule has 2 rings (SSSR count). The molecule has 2 saturated heterocycles. The third kappa shape index (κ3) is 1.74. The Kier molecular flexibility index (Phi) is 2.92. The Morgan fingerprint density at radius 1 is 1.53 bits per heavy atom. The number of nitrogens with zero attached hydrogens (tertiary/aromatic N) is 1. The molecule has 0 aromatic carbocycles. The number of fused-ring (bicyclic) bond motifs is 1. The molecule has 2 heterocycles. The van der Waals surface area contributed by atoms with Gasteiger partial charge >= 0.3 is 0 Å². The maximum absolute atomic E-state index is 11.8. The molecule has 2 atom stereocenters. The number of thioether (sulfide) groups is 2. The fraction of sp³-hybridized carbons (Fsp3) is 0.625. The first-order chi connectivity index (χ1) is 7.15. The van der Waals surface area contributed by atoms with E-state index in [2.05, 4.69) is 5.32 Å². The van der Waals surface area contributed by atoms with Gasteiger partial charge in [0.25, 0.3) is 11.1 Å². The molecule has 0 saturated carbocycles. The molecule has 2 unspecified atom stereocenters. The van der Waals surface area contributed by atoms with Crippen molar-refractivity contribution >= 4 is 40.6 Å². The van der Waals surface area contributed by atoms with Crippen LogP contribution in [0.4, 0.5) is 4.79 Å². The minimum Gasteiger partial charge on any atom is -0.334 e. The Morgan fingerprint density at radius 3 is 2.93 bits per heavy atom. The Bertz CT molecular complexity index is 334. The molecule has 0 aromatic rings. The molecule has 0 bridgehead atoms. The molecule has 15 heavy (non-hydrogen) atoms. The summed E-state index contributed by atoms with van der Waals surface area (Å²) in [6.07, 6.45) is 0. The average Bonchev–Trinajstić information content (AvgIpc) is 2.57. The second kappa shape index (κ2) is 4.05. The van der Waals surface area contributed by atoms with Gasteiger partial charge in [0.15, 0.2) is 5.37 Å². The number of hydrogen-bond donors (Lipinski definition) is 1. The van der Waals surface area contributed by atoms with E-state index in [0.29, 0.717) is 5.75 Å². The van der Waals surface area contributed by atoms with Crippen LogP contribution >= 0.6 is 23.5 Å². The summed E-state index contributed by atoms with van der Waals surface area (Å²) in [6.45, 7) is 1.90. The summed E-state index contributed by atoms with van der Waals surface area (Å²) in [6, 6.07) is -0.594. The molecule has 7 heteroatoms. The minimum atomic E-state index is -0.596. The van der Waals surface area contributed by atoms with Crippen LogP contribution in [0.3, 0.4) is 0 Å². The highest BCUT2D eigenvalue weighted by Crippen LogP contribution is 2.29. The first-order valence-corrected chi connectivity index (χ1v) is 6.60. The van der Waals surface area contributed by atoms with Crippen LogP contribution in [0.5, 0.6) is 0 Å². The quantitative estimate of drug-likeness (QED) is 0.757. The maximum atomic E-state index is 11.8. The number of piperazine rings is 1. The van der Waals surface area contributed by atoms with Gasteiger partial charge in [-0.2, -0.15) is 0 Å². The third-order valence-corrected chi connectivity index (χ3v) is 4.16. The van der Waals surface area contributed by atoms with Crippen molar-refractivity contribution in [2.24, 2.45) is 0 Å². The summed E-state index contributed by atoms with van der Waals surface area (Å²) in [5.41, 5.74) is 0. The molecular formula is C8H10N2O3S2. The van der Waals surface area contributed by atoms with Gasteiger partial charge in [0, 0.05) is 5.75 Å². The summed E-state index contributed by atoms with van der Waals surface area (Å²) in [7, 11) is 0. The predicted octanol–water partition coefficient (Wildman–Crippen LogP) is 0.259. The molecule has 5 nitrogen and oxygen atoms in total. The van der Waals surface area contributed by atoms with Crippen molar-refractivity contribution in [3.63, 3.8) is 0 Å². The van der Waals surface area contributed by atoms with E-state index >= 15 is 0 Å². The normalized spacial score (nSPS) is 30.5. The topological polar surface area (TPSA) is 66.5 Å². The second-order valence-electron chi connectivity index (χ2n) is 3.14. The molecule has 2 fully saturated rings. The Morgan fingerprint density at radius 2 is 2.27 bits per heavy atom. The van der Waals surface area contributed by atoms with Crippen LogP contribution in [-0.2, 0) is 9.59 Å². The highest BCUT2D eigenvalue weighted by molar-refractivity contribution is 8.14. The van der Waals surface area contributed by atoms with Crippen LogP contribution in [0, 0.1) is 0 Å². The minimum absolute atomic E-state index is 0.223. The van der Waals surface area contributed by atoms with Crippen LogP contribution in [0.15, 0.2) is 0 Å². The van der Waals surface area contributed by atoms with Crippen LogP contribution in [0.1, 0.15) is 6.92 Å². The largest absolute Gasteiger partial charge is 0.334 e. The molecule has 1 N–H and O–H groups in total. The fourth-order valence-electron chi connectivity index (χ4n) is 1.55. The van der Waals surface area contributed by atoms with Gasteiger partial charge < -0.3 is 5.32 Å². The van der Waals surface area contributed by atoms with Gasteiger partial charge in [-0.3, -0.25) is 19.3 Å². The van der Waals surface area contributed by atoms with Gasteiger partial charge in [0.1, 0.15) is 6.04 Å². The van der Waals surface area contributed by atoms with E-state index in [1.165, 1.54) is 11.8 Å². The van der Waals surface area contributed by atoms with Crippen LogP contribution < -0.4 is 5.32 Å². The zero-order chi connectivity index (χ0) is 11.0. The summed E-state index contributed by atoms with van der Waals surface area (Å²) in [5.74, 6) is 0.580. The summed E-state index contributed by atoms with van der Waals surface area (Å²) < 4.78 is 0. The predicted molar refractivity (Wildman–Crippen MR) is 58.6 cm³/mol. The Labute approximate surface area is 95.3 Å². The van der Waals surface area contributed by atoms with Crippen molar-refractivity contribution < 1.29 is 14.4 Å². The molecule has 2 aliphatic rings. The fourth-order valence-corrected chi connectivity index (χ4v) is 3.30. The lowest BCUT2D eigenvalue weighted by Gasteiger charge is -2.31. The van der Waals surface area contributed by atoms with E-state index in [4.69, 9.17) is 0 Å². The molecular weight excluding hydrogens is 236 g/mol. The summed E-state index contributed by atoms with van der Waals surface area (Å²) in [4.78, 5) is 35.9. The molecule has 2 aliphatic heterocycles. The van der Waals surface area contributed by atoms with Gasteiger partial charge in [0.2, 0.25) is 5.91 Å². The van der Waals surface area contributed by atoms with Gasteiger partial charge in [-0.15, -0.1) is 11.8 Å². The maximum Gasteiger partial charge on any atom is 0.289 e. The van der Waals surface area contributed by atoms with E-state index in [9.17, 15) is 14.4 Å². The summed E-state index contributed by atoms with van der Waals surface area (Å²) >= 11 is 2.36. The lowest BCUT2D eigenvalue weighted by molar-refractivity contribution is -0.141. The van der Waals surface area contributed by atoms with Crippen LogP contribution in [0.25, 0.3) is 0 Å². The van der Waals surface area contributed by atoms with Crippen molar-refractivity contribution in [2.75, 3.05) is 11.5 Å². The van der Waals surface area contributed by atoms with Gasteiger partial charge in [-0.05, 0) is 5.75 Å². The number of nitrogens with one attached hydrogen (secondary N) is 1. The molecule has 3 amide bonds. The first kappa shape index (κ1) is 10.8. The smallest absolute Gasteiger partial charge is 0.289 e. The number of hydrogen-bond acceptors (Lipinski definition) is 5. The third-order valence-electron chi connectivity index (χ3n) is 2.24. The lowest BCUT2D eigenvalue weighted by Crippen LogP contribution is -2.61. The lowest BCUT2D eigenvalue weighted by atomic mass is 10.2. The molecule has 0 aromatic heterocycles. The van der Waals surface area contributed by atoms with Gasteiger partial charge in [-0.25, -0.2) is 0 Å². The Hall–Kier alpha value is -0.690. The molecule has 0 spiro atoms. The van der Waals surface area contributed by atoms with Crippen molar-refractivity contribution in [3.05, 3.63) is 0 Å². The van der Waals surface area contributed by atoms with Crippen molar-refractivity contribution in [3.8, 4) is 0 Å². The van der Waals surface area contributed by atoms with Crippen molar-refractivity contribution in [1.82, 2.24) is 10.2 Å². The van der Waals surface area contributed by atoms with Crippen LogP contribution in [0.2, 0.25) is 0 Å². The second-order valence-corrected chi connectivity index (χ2v) is 5.50. The standard InChI is InChI=1S/C8H10N2O3S2/c1-2-14-6-7(12)10-4(5(11)9-6)3-15-8(10)13/h4,6H,2-3H2,1H3,(H,9,11). The number of imide groups is 1. The number of carbonyl (C=O) groups is 3. The zero-order valence-corrected chi connectivity index (χ0v) is 9.69. The molecule has 0 aliphatic carbocycles. The SMILES string of the molecule is CCSC1NC(=O)C2CSC(=O)N2C1=O. The highest BCUT2D eigenvalue weighted by Gasteiger charge is 2.48. The number of amides is 3. The summed E-state index contributed by atoms with van der Waals surface area (Å²) in [5, 5.41) is 1.73. The zero-order valence-electron chi connectivity index (χ0n) is 8.06. The van der Waals surface area contributed by atoms with E-state index in [0.717, 1.165) is 22.4 Å². The van der Waals surface area contributed by atoms with Crippen LogP contribution in [-0.4, -0.2) is 44.9 Å². The Balaban J connectivity index is 2.21. The van der Waals surface area contributed by atoms with E-state index in [1.54, 1.807) is 0 Å². The molecule has 82 valence electrons. The monoisotopic (exact) mass is 246 g/mol. The van der Waals surface area contributed by atoms with Crippen molar-refractivity contribution in [1.29, 1.82) is 0 Å². The van der Waals surface area contributed by atoms with E-state index < -0.39 is 11.4 Å².